The minimum atomic E-state index is -4.58. The van der Waals surface area contributed by atoms with Crippen LogP contribution in [-0.4, -0.2) is 34.1 Å². The summed E-state index contributed by atoms with van der Waals surface area (Å²) in [4.78, 5) is 13.5. The van der Waals surface area contributed by atoms with Crippen LogP contribution in [-0.2, 0) is 6.18 Å². The van der Waals surface area contributed by atoms with Gasteiger partial charge in [0.15, 0.2) is 5.69 Å². The maximum absolute atomic E-state index is 12.6. The Labute approximate surface area is 102 Å². The quantitative estimate of drug-likeness (QED) is 0.843. The molecule has 0 aromatic carbocycles. The van der Waals surface area contributed by atoms with Crippen LogP contribution in [0, 0.1) is 5.92 Å². The number of piperidine rings is 1. The van der Waals surface area contributed by atoms with Gasteiger partial charge in [0, 0.05) is 13.1 Å². The van der Waals surface area contributed by atoms with E-state index in [4.69, 9.17) is 0 Å². The second-order valence-electron chi connectivity index (χ2n) is 4.63. The number of carbonyl (C=O) groups is 1. The van der Waals surface area contributed by atoms with Crippen LogP contribution in [0.25, 0.3) is 0 Å². The van der Waals surface area contributed by atoms with E-state index in [1.54, 1.807) is 0 Å². The summed E-state index contributed by atoms with van der Waals surface area (Å²) in [5.41, 5.74) is -1.46. The lowest BCUT2D eigenvalue weighted by Crippen LogP contribution is -2.38. The number of nitrogens with zero attached hydrogens (tertiary/aromatic N) is 2. The van der Waals surface area contributed by atoms with E-state index >= 15 is 0 Å². The average Bonchev–Trinajstić information content (AvgIpc) is 2.77. The topological polar surface area (TPSA) is 49.0 Å². The summed E-state index contributed by atoms with van der Waals surface area (Å²) in [6, 6.07) is 0. The van der Waals surface area contributed by atoms with Gasteiger partial charge in [-0.1, -0.05) is 6.92 Å². The summed E-state index contributed by atoms with van der Waals surface area (Å²) >= 11 is 0. The van der Waals surface area contributed by atoms with Crippen LogP contribution in [0.1, 0.15) is 35.8 Å². The lowest BCUT2D eigenvalue weighted by atomic mass is 9.98. The van der Waals surface area contributed by atoms with E-state index in [0.717, 1.165) is 19.0 Å². The van der Waals surface area contributed by atoms with Gasteiger partial charge in [-0.15, -0.1) is 0 Å². The van der Waals surface area contributed by atoms with E-state index in [1.165, 1.54) is 4.90 Å². The van der Waals surface area contributed by atoms with Crippen LogP contribution >= 0.6 is 0 Å². The minimum absolute atomic E-state index is 0.392. The second-order valence-corrected chi connectivity index (χ2v) is 4.63. The van der Waals surface area contributed by atoms with Crippen molar-refractivity contribution in [2.24, 2.45) is 5.92 Å². The van der Waals surface area contributed by atoms with Gasteiger partial charge >= 0.3 is 6.18 Å². The Kier molecular flexibility index (Phi) is 3.32. The standard InChI is InChI=1S/C11H14F3N3O/c1-7-2-4-17(5-3-7)10(18)8-6-15-16-9(8)11(12,13)14/h6-7H,2-5H2,1H3,(H,15,16). The number of aromatic amines is 1. The third-order valence-corrected chi connectivity index (χ3v) is 3.22. The molecule has 4 nitrogen and oxygen atoms in total. The van der Waals surface area contributed by atoms with Crippen LogP contribution < -0.4 is 0 Å². The number of nitrogens with one attached hydrogen (secondary N) is 1. The monoisotopic (exact) mass is 261 g/mol. The van der Waals surface area contributed by atoms with Crippen molar-refractivity contribution in [1.82, 2.24) is 15.1 Å². The number of alkyl halides is 3. The first kappa shape index (κ1) is 12.9. The number of hydrogen-bond donors (Lipinski definition) is 1. The third-order valence-electron chi connectivity index (χ3n) is 3.22. The van der Waals surface area contributed by atoms with Crippen molar-refractivity contribution in [3.8, 4) is 0 Å². The summed E-state index contributed by atoms with van der Waals surface area (Å²) in [5, 5.41) is 5.18. The second kappa shape index (κ2) is 4.62. The summed E-state index contributed by atoms with van der Waals surface area (Å²) in [5.74, 6) is -0.0801. The van der Waals surface area contributed by atoms with Crippen molar-refractivity contribution in [3.63, 3.8) is 0 Å². The van der Waals surface area contributed by atoms with Crippen LogP contribution in [0.5, 0.6) is 0 Å². The first-order chi connectivity index (χ1) is 8.39. The van der Waals surface area contributed by atoms with Gasteiger partial charge in [-0.05, 0) is 18.8 Å². The number of likely N-dealkylation sites (tertiary alicyclic amines) is 1. The molecule has 1 aromatic heterocycles. The van der Waals surface area contributed by atoms with Crippen LogP contribution in [0.3, 0.4) is 0 Å². The molecule has 0 atom stereocenters. The predicted octanol–water partition coefficient (Wildman–Crippen LogP) is 2.30. The highest BCUT2D eigenvalue weighted by Crippen LogP contribution is 2.31. The van der Waals surface area contributed by atoms with Crippen molar-refractivity contribution in [2.75, 3.05) is 13.1 Å². The molecule has 0 saturated carbocycles. The summed E-state index contributed by atoms with van der Waals surface area (Å²) in [6.07, 6.45) is -1.98. The first-order valence-electron chi connectivity index (χ1n) is 5.79. The van der Waals surface area contributed by atoms with Gasteiger partial charge < -0.3 is 4.90 Å². The molecule has 100 valence electrons. The van der Waals surface area contributed by atoms with Crippen molar-refractivity contribution in [1.29, 1.82) is 0 Å². The highest BCUT2D eigenvalue weighted by atomic mass is 19.4. The van der Waals surface area contributed by atoms with Crippen molar-refractivity contribution in [3.05, 3.63) is 17.5 Å². The number of H-pyrrole nitrogens is 1. The number of carbonyl (C=O) groups excluding carboxylic acids is 1. The molecule has 0 unspecified atom stereocenters. The molecule has 1 aliphatic rings. The third kappa shape index (κ3) is 2.49. The smallest absolute Gasteiger partial charge is 0.339 e. The first-order valence-corrected chi connectivity index (χ1v) is 5.79. The van der Waals surface area contributed by atoms with E-state index in [2.05, 4.69) is 12.0 Å². The number of amides is 1. The minimum Gasteiger partial charge on any atom is -0.339 e. The molecule has 0 radical (unpaired) electrons. The van der Waals surface area contributed by atoms with Crippen LogP contribution in [0.15, 0.2) is 6.20 Å². The molecule has 1 saturated heterocycles. The van der Waals surface area contributed by atoms with Gasteiger partial charge in [-0.25, -0.2) is 0 Å². The van der Waals surface area contributed by atoms with E-state index in [1.807, 2.05) is 5.10 Å². The highest BCUT2D eigenvalue weighted by Gasteiger charge is 2.38. The van der Waals surface area contributed by atoms with Gasteiger partial charge in [0.2, 0.25) is 0 Å². The van der Waals surface area contributed by atoms with Gasteiger partial charge in [0.05, 0.1) is 11.8 Å². The van der Waals surface area contributed by atoms with Gasteiger partial charge in [-0.3, -0.25) is 9.89 Å². The van der Waals surface area contributed by atoms with Crippen molar-refractivity contribution >= 4 is 5.91 Å². The largest absolute Gasteiger partial charge is 0.433 e. The molecule has 1 aromatic rings. The SMILES string of the molecule is CC1CCN(C(=O)c2cn[nH]c2C(F)(F)F)CC1. The number of aromatic nitrogens is 2. The van der Waals surface area contributed by atoms with Crippen LogP contribution in [0.4, 0.5) is 13.2 Å². The Balaban J connectivity index is 2.17. The summed E-state index contributed by atoms with van der Waals surface area (Å²) < 4.78 is 37.9. The van der Waals surface area contributed by atoms with Crippen molar-refractivity contribution in [2.45, 2.75) is 25.9 Å². The van der Waals surface area contributed by atoms with E-state index in [-0.39, 0.29) is 0 Å². The molecule has 1 amide bonds. The molecule has 1 aliphatic heterocycles. The molecular formula is C11H14F3N3O. The Bertz CT molecular complexity index is 433. The van der Waals surface area contributed by atoms with E-state index in [0.29, 0.717) is 19.0 Å². The fourth-order valence-corrected chi connectivity index (χ4v) is 2.05. The zero-order valence-corrected chi connectivity index (χ0v) is 9.92. The zero-order valence-electron chi connectivity index (χ0n) is 9.92. The summed E-state index contributed by atoms with van der Waals surface area (Å²) in [6.45, 7) is 3.08. The van der Waals surface area contributed by atoms with Gasteiger partial charge in [0.25, 0.3) is 5.91 Å². The zero-order chi connectivity index (χ0) is 13.3. The Hall–Kier alpha value is -1.53. The Morgan fingerprint density at radius 2 is 2.06 bits per heavy atom. The van der Waals surface area contributed by atoms with E-state index < -0.39 is 23.3 Å². The highest BCUT2D eigenvalue weighted by molar-refractivity contribution is 5.95. The number of hydrogen-bond acceptors (Lipinski definition) is 2. The lowest BCUT2D eigenvalue weighted by Gasteiger charge is -2.30. The van der Waals surface area contributed by atoms with E-state index in [9.17, 15) is 18.0 Å². The molecule has 1 fully saturated rings. The molecule has 0 bridgehead atoms. The molecule has 7 heteroatoms. The maximum atomic E-state index is 12.6. The molecule has 1 N–H and O–H groups in total. The number of halogens is 3. The maximum Gasteiger partial charge on any atom is 0.433 e. The lowest BCUT2D eigenvalue weighted by molar-refractivity contribution is -0.141. The van der Waals surface area contributed by atoms with Gasteiger partial charge in [-0.2, -0.15) is 18.3 Å². The van der Waals surface area contributed by atoms with Gasteiger partial charge in [0.1, 0.15) is 0 Å². The molecule has 0 aliphatic carbocycles. The number of rotatable bonds is 1. The fraction of sp³-hybridized carbons (Fsp3) is 0.636. The normalized spacial score (nSPS) is 18.1. The van der Waals surface area contributed by atoms with Crippen molar-refractivity contribution < 1.29 is 18.0 Å². The fourth-order valence-electron chi connectivity index (χ4n) is 2.05. The molecule has 2 heterocycles. The Morgan fingerprint density at radius 3 is 2.61 bits per heavy atom. The molecular weight excluding hydrogens is 247 g/mol. The molecule has 2 rings (SSSR count). The summed E-state index contributed by atoms with van der Waals surface area (Å²) in [7, 11) is 0. The molecule has 0 spiro atoms. The average molecular weight is 261 g/mol. The predicted molar refractivity (Wildman–Crippen MR) is 57.9 cm³/mol. The van der Waals surface area contributed by atoms with Crippen LogP contribution in [0.2, 0.25) is 0 Å². The Morgan fingerprint density at radius 1 is 1.44 bits per heavy atom. The molecule has 18 heavy (non-hydrogen) atoms.